The number of rotatable bonds is 3. The van der Waals surface area contributed by atoms with Gasteiger partial charge in [0.15, 0.2) is 12.2 Å². The lowest BCUT2D eigenvalue weighted by Crippen LogP contribution is -2.29. The van der Waals surface area contributed by atoms with Crippen LogP contribution in [0.15, 0.2) is 17.0 Å². The quantitative estimate of drug-likeness (QED) is 0.647. The van der Waals surface area contributed by atoms with Crippen molar-refractivity contribution >= 4 is 5.78 Å². The summed E-state index contributed by atoms with van der Waals surface area (Å²) in [5, 5.41) is 0. The van der Waals surface area contributed by atoms with Crippen LogP contribution < -0.4 is 5.73 Å². The molecule has 0 amide bonds. The van der Waals surface area contributed by atoms with Crippen molar-refractivity contribution in [3.8, 4) is 0 Å². The Labute approximate surface area is 64.4 Å². The summed E-state index contributed by atoms with van der Waals surface area (Å²) in [5.41, 5.74) is 5.47. The zero-order valence-electron chi connectivity index (χ0n) is 6.28. The van der Waals surface area contributed by atoms with E-state index in [0.29, 0.717) is 6.42 Å². The number of ketones is 1. The number of carbonyl (C=O) groups is 1. The van der Waals surface area contributed by atoms with E-state index in [1.165, 1.54) is 12.6 Å². The van der Waals surface area contributed by atoms with Crippen LogP contribution in [0.1, 0.15) is 23.9 Å². The molecule has 0 aliphatic heterocycles. The molecule has 1 aromatic rings. The number of carbonyl (C=O) groups excluding carboxylic acids is 1. The van der Waals surface area contributed by atoms with Crippen molar-refractivity contribution in [1.82, 2.24) is 4.98 Å². The van der Waals surface area contributed by atoms with Gasteiger partial charge in [0.1, 0.15) is 0 Å². The lowest BCUT2D eigenvalue weighted by molar-refractivity contribution is 0.0932. The molecule has 0 radical (unpaired) electrons. The minimum Gasteiger partial charge on any atom is -0.440 e. The van der Waals surface area contributed by atoms with Crippen LogP contribution in [0.25, 0.3) is 0 Å². The third kappa shape index (κ3) is 1.65. The summed E-state index contributed by atoms with van der Waals surface area (Å²) >= 11 is 0. The fraction of sp³-hybridized carbons (Fsp3) is 0.429. The van der Waals surface area contributed by atoms with Crippen LogP contribution in [0.4, 0.5) is 0 Å². The van der Waals surface area contributed by atoms with Gasteiger partial charge in [-0.05, 0) is 6.42 Å². The Morgan fingerprint density at radius 3 is 3.09 bits per heavy atom. The molecule has 4 heteroatoms. The molecule has 0 aliphatic carbocycles. The zero-order chi connectivity index (χ0) is 8.27. The van der Waals surface area contributed by atoms with Gasteiger partial charge >= 0.3 is 0 Å². The molecule has 60 valence electrons. The molecule has 1 rings (SSSR count). The molecule has 0 fully saturated rings. The lowest BCUT2D eigenvalue weighted by atomic mass is 10.1. The monoisotopic (exact) mass is 154 g/mol. The first kappa shape index (κ1) is 7.94. The second-order valence-electron chi connectivity index (χ2n) is 2.24. The molecule has 1 heterocycles. The first-order valence-corrected chi connectivity index (χ1v) is 3.44. The number of Topliss-reactive ketones (excluding diaryl/α,β-unsaturated/α-hetero) is 1. The van der Waals surface area contributed by atoms with Gasteiger partial charge in [-0.3, -0.25) is 4.79 Å². The fourth-order valence-corrected chi connectivity index (χ4v) is 0.706. The molecule has 0 saturated heterocycles. The largest absolute Gasteiger partial charge is 0.440 e. The van der Waals surface area contributed by atoms with Gasteiger partial charge in [-0.15, -0.1) is 0 Å². The predicted octanol–water partition coefficient (Wildman–Crippen LogP) is 0.595. The van der Waals surface area contributed by atoms with E-state index in [0.717, 1.165) is 0 Å². The molecule has 0 saturated carbocycles. The average molecular weight is 154 g/mol. The van der Waals surface area contributed by atoms with Crippen LogP contribution in [-0.2, 0) is 0 Å². The molecule has 0 aliphatic rings. The van der Waals surface area contributed by atoms with E-state index < -0.39 is 6.04 Å². The summed E-state index contributed by atoms with van der Waals surface area (Å²) in [6.07, 6.45) is 3.20. The molecule has 0 spiro atoms. The van der Waals surface area contributed by atoms with Gasteiger partial charge in [0, 0.05) is 0 Å². The zero-order valence-corrected chi connectivity index (χ0v) is 6.28. The van der Waals surface area contributed by atoms with Gasteiger partial charge in [-0.2, -0.15) is 0 Å². The van der Waals surface area contributed by atoms with Crippen LogP contribution in [0.2, 0.25) is 0 Å². The van der Waals surface area contributed by atoms with Gasteiger partial charge in [0.2, 0.25) is 5.78 Å². The van der Waals surface area contributed by atoms with Crippen molar-refractivity contribution < 1.29 is 9.21 Å². The number of hydrogen-bond acceptors (Lipinski definition) is 4. The summed E-state index contributed by atoms with van der Waals surface area (Å²) in [5.74, 6) is 0.0457. The molecule has 2 N–H and O–H groups in total. The maximum Gasteiger partial charge on any atom is 0.216 e. The molecule has 0 bridgehead atoms. The second kappa shape index (κ2) is 3.30. The van der Waals surface area contributed by atoms with E-state index in [9.17, 15) is 4.79 Å². The normalized spacial score (nSPS) is 12.9. The van der Waals surface area contributed by atoms with Gasteiger partial charge in [-0.25, -0.2) is 4.98 Å². The standard InChI is InChI=1S/C7H10N2O2/c1-2-5(8)7(10)6-3-9-4-11-6/h3-5H,2,8H2,1H3. The van der Waals surface area contributed by atoms with Gasteiger partial charge in [-0.1, -0.05) is 6.92 Å². The lowest BCUT2D eigenvalue weighted by Gasteiger charge is -2.02. The molecular weight excluding hydrogens is 144 g/mol. The molecule has 11 heavy (non-hydrogen) atoms. The Bertz CT molecular complexity index is 231. The Hall–Kier alpha value is -1.16. The Morgan fingerprint density at radius 2 is 2.64 bits per heavy atom. The number of nitrogens with zero attached hydrogens (tertiary/aromatic N) is 1. The average Bonchev–Trinajstić information content (AvgIpc) is 2.53. The van der Waals surface area contributed by atoms with Gasteiger partial charge in [0.25, 0.3) is 0 Å². The van der Waals surface area contributed by atoms with Crippen molar-refractivity contribution in [2.75, 3.05) is 0 Å². The SMILES string of the molecule is CCC(N)C(=O)c1cnco1. The molecule has 4 nitrogen and oxygen atoms in total. The fourth-order valence-electron chi connectivity index (χ4n) is 0.706. The molecule has 1 unspecified atom stereocenters. The van der Waals surface area contributed by atoms with E-state index in [2.05, 4.69) is 4.98 Å². The highest BCUT2D eigenvalue weighted by Gasteiger charge is 2.16. The van der Waals surface area contributed by atoms with Crippen molar-refractivity contribution in [3.05, 3.63) is 18.4 Å². The molecular formula is C7H10N2O2. The van der Waals surface area contributed by atoms with Crippen molar-refractivity contribution in [1.29, 1.82) is 0 Å². The second-order valence-corrected chi connectivity index (χ2v) is 2.24. The van der Waals surface area contributed by atoms with Crippen LogP contribution in [0.3, 0.4) is 0 Å². The highest BCUT2D eigenvalue weighted by Crippen LogP contribution is 2.02. The highest BCUT2D eigenvalue weighted by molar-refractivity contribution is 5.97. The Balaban J connectivity index is 2.70. The Morgan fingerprint density at radius 1 is 1.91 bits per heavy atom. The van der Waals surface area contributed by atoms with E-state index in [1.54, 1.807) is 0 Å². The van der Waals surface area contributed by atoms with E-state index in [1.807, 2.05) is 6.92 Å². The van der Waals surface area contributed by atoms with E-state index in [4.69, 9.17) is 10.2 Å². The summed E-state index contributed by atoms with van der Waals surface area (Å²) in [6, 6.07) is -0.469. The van der Waals surface area contributed by atoms with Gasteiger partial charge in [0.05, 0.1) is 12.2 Å². The minimum atomic E-state index is -0.469. The first-order chi connectivity index (χ1) is 5.25. The van der Waals surface area contributed by atoms with Crippen molar-refractivity contribution in [2.24, 2.45) is 5.73 Å². The molecule has 1 atom stereocenters. The van der Waals surface area contributed by atoms with Crippen molar-refractivity contribution in [3.63, 3.8) is 0 Å². The number of nitrogens with two attached hydrogens (primary N) is 1. The number of hydrogen-bond donors (Lipinski definition) is 1. The summed E-state index contributed by atoms with van der Waals surface area (Å²) in [7, 11) is 0. The predicted molar refractivity (Wildman–Crippen MR) is 39.1 cm³/mol. The Kier molecular flexibility index (Phi) is 2.38. The van der Waals surface area contributed by atoms with Crippen LogP contribution in [0, 0.1) is 0 Å². The topological polar surface area (TPSA) is 69.1 Å². The van der Waals surface area contributed by atoms with Crippen LogP contribution >= 0.6 is 0 Å². The van der Waals surface area contributed by atoms with E-state index in [-0.39, 0.29) is 11.5 Å². The van der Waals surface area contributed by atoms with Crippen LogP contribution in [-0.4, -0.2) is 16.8 Å². The summed E-state index contributed by atoms with van der Waals surface area (Å²) < 4.78 is 4.78. The third-order valence-corrected chi connectivity index (χ3v) is 1.45. The maximum absolute atomic E-state index is 11.2. The highest BCUT2D eigenvalue weighted by atomic mass is 16.3. The minimum absolute atomic E-state index is 0.190. The number of aromatic nitrogens is 1. The maximum atomic E-state index is 11.2. The van der Waals surface area contributed by atoms with Gasteiger partial charge < -0.3 is 10.2 Å². The first-order valence-electron chi connectivity index (χ1n) is 3.44. The molecule has 0 aromatic carbocycles. The van der Waals surface area contributed by atoms with Crippen LogP contribution in [0.5, 0.6) is 0 Å². The summed E-state index contributed by atoms with van der Waals surface area (Å²) in [6.45, 7) is 1.85. The van der Waals surface area contributed by atoms with E-state index >= 15 is 0 Å². The smallest absolute Gasteiger partial charge is 0.216 e. The van der Waals surface area contributed by atoms with Crippen molar-refractivity contribution in [2.45, 2.75) is 19.4 Å². The number of oxazole rings is 1. The summed E-state index contributed by atoms with van der Waals surface area (Å²) in [4.78, 5) is 14.8. The third-order valence-electron chi connectivity index (χ3n) is 1.45. The molecule has 1 aromatic heterocycles.